The van der Waals surface area contributed by atoms with Gasteiger partial charge in [0.25, 0.3) is 0 Å². The summed E-state index contributed by atoms with van der Waals surface area (Å²) in [4.78, 5) is 32.3. The first kappa shape index (κ1) is 37.2. The monoisotopic (exact) mass is 560 g/mol. The van der Waals surface area contributed by atoms with Crippen molar-refractivity contribution in [2.45, 2.75) is 125 Å². The highest BCUT2D eigenvalue weighted by Gasteiger charge is 2.27. The summed E-state index contributed by atoms with van der Waals surface area (Å²) in [5.74, 6) is 1.77. The molecule has 0 fully saturated rings. The summed E-state index contributed by atoms with van der Waals surface area (Å²) >= 11 is 2.04. The van der Waals surface area contributed by atoms with Crippen LogP contribution >= 0.6 is 11.8 Å². The second kappa shape index (κ2) is 18.5. The molecule has 0 N–H and O–H groups in total. The summed E-state index contributed by atoms with van der Waals surface area (Å²) in [6.07, 6.45) is 4.02. The van der Waals surface area contributed by atoms with Crippen LogP contribution in [0.15, 0.2) is 0 Å². The molecule has 0 aliphatic carbocycles. The Hall–Kier alpha value is -0.830. The van der Waals surface area contributed by atoms with Crippen LogP contribution in [-0.4, -0.2) is 78.0 Å². The molecule has 8 heteroatoms. The molecule has 0 heterocycles. The number of esters is 1. The van der Waals surface area contributed by atoms with Crippen LogP contribution in [0.3, 0.4) is 0 Å². The molecule has 0 aliphatic heterocycles. The van der Waals surface area contributed by atoms with Crippen molar-refractivity contribution in [1.29, 1.82) is 0 Å². The number of hydroxylamine groups is 2. The summed E-state index contributed by atoms with van der Waals surface area (Å²) in [5.41, 5.74) is 0.00623. The van der Waals surface area contributed by atoms with E-state index in [4.69, 9.17) is 14.3 Å². The average molecular weight is 561 g/mol. The van der Waals surface area contributed by atoms with Gasteiger partial charge >= 0.3 is 11.9 Å². The van der Waals surface area contributed by atoms with Crippen molar-refractivity contribution in [3.63, 3.8) is 0 Å². The van der Waals surface area contributed by atoms with Crippen molar-refractivity contribution in [3.8, 4) is 0 Å². The lowest BCUT2D eigenvalue weighted by molar-refractivity contribution is -0.216. The molecule has 0 aromatic rings. The van der Waals surface area contributed by atoms with E-state index < -0.39 is 0 Å². The summed E-state index contributed by atoms with van der Waals surface area (Å²) in [7, 11) is 1.69. The molecule has 0 bridgehead atoms. The molecule has 0 spiro atoms. The van der Waals surface area contributed by atoms with E-state index in [2.05, 4.69) is 46.4 Å². The Morgan fingerprint density at radius 1 is 0.895 bits per heavy atom. The van der Waals surface area contributed by atoms with Crippen LogP contribution in [-0.2, 0) is 23.9 Å². The maximum Gasteiger partial charge on any atom is 0.326 e. The molecule has 0 aliphatic rings. The quantitative estimate of drug-likeness (QED) is 0.0915. The van der Waals surface area contributed by atoms with E-state index in [0.29, 0.717) is 42.0 Å². The smallest absolute Gasteiger partial charge is 0.326 e. The third kappa shape index (κ3) is 20.1. The molecule has 226 valence electrons. The first-order valence-corrected chi connectivity index (χ1v) is 15.6. The lowest BCUT2D eigenvalue weighted by Crippen LogP contribution is -2.35. The van der Waals surface area contributed by atoms with E-state index in [1.165, 1.54) is 24.3 Å². The summed E-state index contributed by atoms with van der Waals surface area (Å²) < 4.78 is 11.0. The van der Waals surface area contributed by atoms with E-state index in [1.54, 1.807) is 7.05 Å². The molecule has 0 amide bonds. The van der Waals surface area contributed by atoms with Gasteiger partial charge in [-0.25, -0.2) is 0 Å². The fourth-order valence-corrected chi connectivity index (χ4v) is 5.70. The SMILES string of the molecule is CCC(C)(C)CC(SCCN(CCC(=O)OC(C)C)CCC(=O)ON(C)COC(C)(C)C)C(C)CC(C)C. The van der Waals surface area contributed by atoms with Gasteiger partial charge in [0.2, 0.25) is 0 Å². The van der Waals surface area contributed by atoms with Crippen LogP contribution in [0.1, 0.15) is 108 Å². The van der Waals surface area contributed by atoms with E-state index in [-0.39, 0.29) is 36.8 Å². The molecule has 2 unspecified atom stereocenters. The normalized spacial score (nSPS) is 14.4. The lowest BCUT2D eigenvalue weighted by Gasteiger charge is -2.33. The highest BCUT2D eigenvalue weighted by molar-refractivity contribution is 7.99. The first-order chi connectivity index (χ1) is 17.4. The van der Waals surface area contributed by atoms with E-state index in [0.717, 1.165) is 12.3 Å². The van der Waals surface area contributed by atoms with Crippen molar-refractivity contribution < 1.29 is 23.9 Å². The summed E-state index contributed by atoms with van der Waals surface area (Å²) in [6, 6.07) is 0. The number of carbonyl (C=O) groups excluding carboxylic acids is 2. The van der Waals surface area contributed by atoms with E-state index in [1.807, 2.05) is 46.4 Å². The van der Waals surface area contributed by atoms with Crippen LogP contribution < -0.4 is 0 Å². The number of nitrogens with zero attached hydrogens (tertiary/aromatic N) is 2. The number of rotatable bonds is 20. The number of carbonyl (C=O) groups is 2. The molecule has 0 aromatic carbocycles. The second-order valence-corrected chi connectivity index (χ2v) is 14.4. The lowest BCUT2D eigenvalue weighted by atomic mass is 9.81. The van der Waals surface area contributed by atoms with Gasteiger partial charge in [-0.05, 0) is 64.7 Å². The van der Waals surface area contributed by atoms with Gasteiger partial charge in [0.1, 0.15) is 6.73 Å². The largest absolute Gasteiger partial charge is 0.463 e. The van der Waals surface area contributed by atoms with E-state index in [9.17, 15) is 9.59 Å². The Balaban J connectivity index is 5.08. The number of ether oxygens (including phenoxy) is 2. The zero-order chi connectivity index (χ0) is 29.5. The Labute approximate surface area is 239 Å². The zero-order valence-corrected chi connectivity index (χ0v) is 27.5. The van der Waals surface area contributed by atoms with Gasteiger partial charge < -0.3 is 19.2 Å². The maximum atomic E-state index is 12.5. The van der Waals surface area contributed by atoms with Crippen LogP contribution in [0.5, 0.6) is 0 Å². The number of hydrogen-bond donors (Lipinski definition) is 0. The Bertz CT molecular complexity index is 664. The molecule has 0 saturated carbocycles. The van der Waals surface area contributed by atoms with Crippen molar-refractivity contribution in [3.05, 3.63) is 0 Å². The standard InChI is InChI=1S/C30H60N2O5S/c1-13-30(10,11)21-26(25(6)20-23(2)3)38-19-18-32(16-14-27(33)36-24(4)5)17-15-28(34)37-31(12)22-35-29(7,8)9/h23-26H,13-22H2,1-12H3. The summed E-state index contributed by atoms with van der Waals surface area (Å²) in [5, 5.41) is 2.01. The molecule has 0 saturated heterocycles. The molecule has 2 atom stereocenters. The van der Waals surface area contributed by atoms with E-state index >= 15 is 0 Å². The van der Waals surface area contributed by atoms with Crippen molar-refractivity contribution >= 4 is 23.7 Å². The fourth-order valence-electron chi connectivity index (χ4n) is 4.03. The van der Waals surface area contributed by atoms with Gasteiger partial charge in [0, 0.05) is 37.7 Å². The predicted molar refractivity (Wildman–Crippen MR) is 160 cm³/mol. The Morgan fingerprint density at radius 2 is 1.47 bits per heavy atom. The molecule has 0 radical (unpaired) electrons. The zero-order valence-electron chi connectivity index (χ0n) is 26.7. The minimum atomic E-state index is -0.309. The van der Waals surface area contributed by atoms with Gasteiger partial charge in [0.05, 0.1) is 24.5 Å². The highest BCUT2D eigenvalue weighted by Crippen LogP contribution is 2.36. The van der Waals surface area contributed by atoms with Crippen molar-refractivity contribution in [2.24, 2.45) is 17.3 Å². The number of hydrogen-bond acceptors (Lipinski definition) is 8. The molecule has 0 aromatic heterocycles. The second-order valence-electron chi connectivity index (χ2n) is 13.1. The molecular formula is C30H60N2O5S. The Morgan fingerprint density at radius 3 is 1.97 bits per heavy atom. The fraction of sp³-hybridized carbons (Fsp3) is 0.933. The predicted octanol–water partition coefficient (Wildman–Crippen LogP) is 6.79. The first-order valence-electron chi connectivity index (χ1n) is 14.5. The van der Waals surface area contributed by atoms with Crippen LogP contribution in [0.25, 0.3) is 0 Å². The average Bonchev–Trinajstić information content (AvgIpc) is 2.76. The topological polar surface area (TPSA) is 68.3 Å². The Kier molecular flexibility index (Phi) is 18.1. The van der Waals surface area contributed by atoms with Crippen LogP contribution in [0.4, 0.5) is 0 Å². The maximum absolute atomic E-state index is 12.5. The number of thioether (sulfide) groups is 1. The van der Waals surface area contributed by atoms with Gasteiger partial charge in [-0.15, -0.1) is 5.06 Å². The van der Waals surface area contributed by atoms with Crippen LogP contribution in [0.2, 0.25) is 0 Å². The van der Waals surface area contributed by atoms with Crippen molar-refractivity contribution in [1.82, 2.24) is 9.96 Å². The third-order valence-corrected chi connectivity index (χ3v) is 7.97. The van der Waals surface area contributed by atoms with Gasteiger partial charge in [0.15, 0.2) is 0 Å². The highest BCUT2D eigenvalue weighted by atomic mass is 32.2. The molecular weight excluding hydrogens is 500 g/mol. The van der Waals surface area contributed by atoms with Crippen LogP contribution in [0, 0.1) is 17.3 Å². The summed E-state index contributed by atoms with van der Waals surface area (Å²) in [6.45, 7) is 25.7. The molecule has 7 nitrogen and oxygen atoms in total. The molecule has 0 rings (SSSR count). The third-order valence-electron chi connectivity index (χ3n) is 6.50. The molecule has 38 heavy (non-hydrogen) atoms. The minimum absolute atomic E-state index is 0.127. The van der Waals surface area contributed by atoms with Gasteiger partial charge in [-0.2, -0.15) is 11.8 Å². The van der Waals surface area contributed by atoms with Gasteiger partial charge in [-0.3, -0.25) is 9.59 Å². The van der Waals surface area contributed by atoms with Crippen molar-refractivity contribution in [2.75, 3.05) is 39.2 Å². The minimum Gasteiger partial charge on any atom is -0.463 e. The van der Waals surface area contributed by atoms with Gasteiger partial charge in [-0.1, -0.05) is 48.0 Å².